The maximum atomic E-state index is 14.3. The Morgan fingerprint density at radius 1 is 0.578 bits per heavy atom. The molecule has 2 aliphatic rings. The summed E-state index contributed by atoms with van der Waals surface area (Å²) < 4.78 is 21.8. The molecule has 0 spiro atoms. The summed E-state index contributed by atoms with van der Waals surface area (Å²) in [4.78, 5) is 28.5. The lowest BCUT2D eigenvalue weighted by molar-refractivity contribution is 0.101. The Balaban J connectivity index is 1.86. The molecule has 232 valence electrons. The van der Waals surface area contributed by atoms with E-state index >= 15 is 0 Å². The number of carbonyl (C=O) groups excluding carboxylic acids is 2. The van der Waals surface area contributed by atoms with Crippen LogP contribution in [0.15, 0.2) is 30.3 Å². The van der Waals surface area contributed by atoms with Gasteiger partial charge in [-0.2, -0.15) is 0 Å². The van der Waals surface area contributed by atoms with Crippen molar-refractivity contribution in [2.24, 2.45) is 0 Å². The quantitative estimate of drug-likeness (QED) is 0.210. The Bertz CT molecular complexity index is 1980. The number of ether oxygens (including phenoxy) is 4. The number of halogens is 1. The maximum Gasteiger partial charge on any atom is 0.205 e. The molecule has 0 heterocycles. The molecule has 0 aromatic heterocycles. The van der Waals surface area contributed by atoms with Crippen molar-refractivity contribution >= 4 is 23.2 Å². The minimum atomic E-state index is -0.999. The third kappa shape index (κ3) is 4.01. The van der Waals surface area contributed by atoms with Gasteiger partial charge in [-0.15, -0.1) is 0 Å². The molecule has 10 nitrogen and oxygen atoms in total. The summed E-state index contributed by atoms with van der Waals surface area (Å²) in [6.45, 7) is 3.63. The molecule has 0 bridgehead atoms. The van der Waals surface area contributed by atoms with Gasteiger partial charge in [-0.05, 0) is 65.4 Å². The number of hydrogen-bond donors (Lipinski definition) is 4. The van der Waals surface area contributed by atoms with Crippen molar-refractivity contribution in [1.82, 2.24) is 0 Å². The fraction of sp³-hybridized carbons (Fsp3) is 0.235. The zero-order valence-electron chi connectivity index (χ0n) is 25.2. The van der Waals surface area contributed by atoms with Crippen LogP contribution < -0.4 is 18.9 Å². The Labute approximate surface area is 262 Å². The van der Waals surface area contributed by atoms with Crippen molar-refractivity contribution < 1.29 is 49.0 Å². The van der Waals surface area contributed by atoms with E-state index in [1.807, 2.05) is 13.8 Å². The zero-order valence-corrected chi connectivity index (χ0v) is 25.9. The van der Waals surface area contributed by atoms with Gasteiger partial charge in [-0.1, -0.05) is 23.7 Å². The van der Waals surface area contributed by atoms with Gasteiger partial charge in [0.25, 0.3) is 0 Å². The number of aromatic hydroxyl groups is 4. The molecule has 4 aromatic carbocycles. The number of carbonyl (C=O) groups is 2. The molecule has 0 amide bonds. The summed E-state index contributed by atoms with van der Waals surface area (Å²) in [6.07, 6.45) is 0. The Morgan fingerprint density at radius 2 is 1.04 bits per heavy atom. The number of methoxy groups -OCH3 is 4. The Hall–Kier alpha value is -5.09. The smallest absolute Gasteiger partial charge is 0.205 e. The Kier molecular flexibility index (Phi) is 7.00. The van der Waals surface area contributed by atoms with Crippen LogP contribution in [0.2, 0.25) is 5.02 Å². The van der Waals surface area contributed by atoms with Crippen LogP contribution in [0.1, 0.15) is 77.1 Å². The number of rotatable bonds is 5. The predicted octanol–water partition coefficient (Wildman–Crippen LogP) is 5.87. The molecule has 6 rings (SSSR count). The summed E-state index contributed by atoms with van der Waals surface area (Å²) >= 11 is 6.87. The normalized spacial score (nSPS) is 16.3. The monoisotopic (exact) mass is 632 g/mol. The molecule has 0 aliphatic heterocycles. The highest BCUT2D eigenvalue weighted by molar-refractivity contribution is 6.35. The highest BCUT2D eigenvalue weighted by Gasteiger charge is 2.48. The van der Waals surface area contributed by atoms with Crippen LogP contribution in [0.4, 0.5) is 0 Å². The first kappa shape index (κ1) is 30.0. The average Bonchev–Trinajstić information content (AvgIpc) is 2.99. The second kappa shape index (κ2) is 10.5. The summed E-state index contributed by atoms with van der Waals surface area (Å²) in [6, 6.07) is 8.24. The molecule has 45 heavy (non-hydrogen) atoms. The minimum Gasteiger partial charge on any atom is -0.504 e. The minimum absolute atomic E-state index is 0.0594. The van der Waals surface area contributed by atoms with E-state index in [1.54, 1.807) is 24.3 Å². The van der Waals surface area contributed by atoms with Gasteiger partial charge in [0.1, 0.15) is 11.5 Å². The van der Waals surface area contributed by atoms with Crippen LogP contribution in [-0.4, -0.2) is 60.4 Å². The van der Waals surface area contributed by atoms with E-state index in [1.165, 1.54) is 34.5 Å². The van der Waals surface area contributed by atoms with Crippen LogP contribution >= 0.6 is 11.6 Å². The molecule has 2 aliphatic carbocycles. The lowest BCUT2D eigenvalue weighted by Crippen LogP contribution is -2.30. The molecular formula is C34H29ClO10. The number of hydrogen-bond acceptors (Lipinski definition) is 10. The summed E-state index contributed by atoms with van der Waals surface area (Å²) in [5.74, 6) is -5.63. The van der Waals surface area contributed by atoms with Gasteiger partial charge < -0.3 is 39.4 Å². The third-order valence-corrected chi connectivity index (χ3v) is 8.99. The van der Waals surface area contributed by atoms with Gasteiger partial charge in [0.15, 0.2) is 23.0 Å². The topological polar surface area (TPSA) is 152 Å². The van der Waals surface area contributed by atoms with E-state index in [-0.39, 0.29) is 55.7 Å². The SMILES string of the molecule is COc1cc(C)cc2c1C(=O)c1c(cc(O)c(OC)c1O)[C@@H]2[C@@H]1c2cc(C)cc(OC)c2C(=O)c2c(O)c(OC)c(O)c(Cl)c21. The van der Waals surface area contributed by atoms with Gasteiger partial charge in [0.2, 0.25) is 23.1 Å². The lowest BCUT2D eigenvalue weighted by atomic mass is 9.63. The van der Waals surface area contributed by atoms with E-state index in [0.29, 0.717) is 11.1 Å². The van der Waals surface area contributed by atoms with Gasteiger partial charge in [-0.25, -0.2) is 0 Å². The van der Waals surface area contributed by atoms with Crippen molar-refractivity contribution in [2.75, 3.05) is 28.4 Å². The lowest BCUT2D eigenvalue weighted by Gasteiger charge is -2.39. The molecule has 0 unspecified atom stereocenters. The molecule has 2 atom stereocenters. The van der Waals surface area contributed by atoms with Crippen molar-refractivity contribution in [1.29, 1.82) is 0 Å². The standard InChI is InChI=1S/C34H29ClO10/c1-12-7-14-20(16-11-17(36)33(44-5)30(39)24(16)28(37)21(14)18(9-12)42-3)23-15-8-13(2)10-19(43-4)22(15)29(38)26-25(23)27(35)32(41)34(45-6)31(26)40/h7-11,20,23,36,39-41H,1-6H3/t20-,23+/m1/s1. The largest absolute Gasteiger partial charge is 0.504 e. The molecule has 11 heteroatoms. The first-order valence-corrected chi connectivity index (χ1v) is 14.2. The zero-order chi connectivity index (χ0) is 32.6. The van der Waals surface area contributed by atoms with Gasteiger partial charge in [0, 0.05) is 11.8 Å². The van der Waals surface area contributed by atoms with Gasteiger partial charge in [-0.3, -0.25) is 9.59 Å². The number of phenolic OH excluding ortho intramolecular Hbond substituents is 4. The van der Waals surface area contributed by atoms with Gasteiger partial charge in [0.05, 0.1) is 55.7 Å². The van der Waals surface area contributed by atoms with E-state index < -0.39 is 52.1 Å². The molecule has 0 fully saturated rings. The molecule has 0 saturated carbocycles. The number of phenols is 4. The predicted molar refractivity (Wildman–Crippen MR) is 164 cm³/mol. The molecule has 4 aromatic rings. The molecule has 4 N–H and O–H groups in total. The van der Waals surface area contributed by atoms with Crippen molar-refractivity contribution in [3.8, 4) is 46.0 Å². The second-order valence-electron chi connectivity index (χ2n) is 11.1. The van der Waals surface area contributed by atoms with Crippen LogP contribution in [0.3, 0.4) is 0 Å². The van der Waals surface area contributed by atoms with Crippen LogP contribution in [0.5, 0.6) is 46.0 Å². The van der Waals surface area contributed by atoms with Gasteiger partial charge >= 0.3 is 0 Å². The van der Waals surface area contributed by atoms with E-state index in [0.717, 1.165) is 11.1 Å². The van der Waals surface area contributed by atoms with Crippen LogP contribution in [-0.2, 0) is 0 Å². The number of fused-ring (bicyclic) bond motifs is 4. The van der Waals surface area contributed by atoms with E-state index in [9.17, 15) is 30.0 Å². The first-order chi connectivity index (χ1) is 21.4. The molecule has 0 radical (unpaired) electrons. The fourth-order valence-electron chi connectivity index (χ4n) is 6.88. The summed E-state index contributed by atoms with van der Waals surface area (Å²) in [5.41, 5.74) is 2.45. The van der Waals surface area contributed by atoms with Crippen LogP contribution in [0.25, 0.3) is 0 Å². The molecule has 0 saturated heterocycles. The first-order valence-electron chi connectivity index (χ1n) is 13.8. The van der Waals surface area contributed by atoms with Crippen molar-refractivity contribution in [3.63, 3.8) is 0 Å². The summed E-state index contributed by atoms with van der Waals surface area (Å²) in [5, 5.41) is 44.7. The highest BCUT2D eigenvalue weighted by atomic mass is 35.5. The highest BCUT2D eigenvalue weighted by Crippen LogP contribution is 2.61. The third-order valence-electron chi connectivity index (χ3n) is 8.61. The second-order valence-corrected chi connectivity index (χ2v) is 11.4. The number of benzene rings is 4. The number of ketones is 2. The van der Waals surface area contributed by atoms with Crippen LogP contribution in [0, 0.1) is 13.8 Å². The Morgan fingerprint density at radius 3 is 1.56 bits per heavy atom. The average molecular weight is 633 g/mol. The van der Waals surface area contributed by atoms with Crippen molar-refractivity contribution in [3.05, 3.63) is 91.0 Å². The molecular weight excluding hydrogens is 604 g/mol. The van der Waals surface area contributed by atoms with E-state index in [4.69, 9.17) is 30.5 Å². The maximum absolute atomic E-state index is 14.3. The van der Waals surface area contributed by atoms with E-state index in [2.05, 4.69) is 0 Å². The number of aryl methyl sites for hydroxylation is 2. The summed E-state index contributed by atoms with van der Waals surface area (Å²) in [7, 11) is 5.29. The fourth-order valence-corrected chi connectivity index (χ4v) is 7.18. The van der Waals surface area contributed by atoms with Crippen molar-refractivity contribution in [2.45, 2.75) is 25.7 Å².